The van der Waals surface area contributed by atoms with E-state index in [0.717, 1.165) is 24.8 Å². The number of pyridine rings is 1. The Bertz CT molecular complexity index is 926. The third-order valence-corrected chi connectivity index (χ3v) is 6.89. The van der Waals surface area contributed by atoms with E-state index in [-0.39, 0.29) is 4.90 Å². The number of nitrogens with one attached hydrogen (secondary N) is 2. The first-order chi connectivity index (χ1) is 14.0. The molecule has 1 aromatic heterocycles. The Labute approximate surface area is 171 Å². The number of aromatic amines is 1. The Kier molecular flexibility index (Phi) is 6.81. The van der Waals surface area contributed by atoms with Crippen molar-refractivity contribution >= 4 is 15.8 Å². The fraction of sp³-hybridized carbons (Fsp3) is 0.450. The minimum Gasteiger partial charge on any atom is -0.496 e. The lowest BCUT2D eigenvalue weighted by molar-refractivity contribution is -0.364. The first-order valence-electron chi connectivity index (χ1n) is 9.54. The third-order valence-electron chi connectivity index (χ3n) is 4.99. The molecule has 0 radical (unpaired) electrons. The van der Waals surface area contributed by atoms with Crippen molar-refractivity contribution in [2.24, 2.45) is 0 Å². The largest absolute Gasteiger partial charge is 0.496 e. The highest BCUT2D eigenvalue weighted by Gasteiger charge is 2.26. The van der Waals surface area contributed by atoms with E-state index in [2.05, 4.69) is 10.3 Å². The second kappa shape index (κ2) is 9.32. The molecule has 0 saturated carbocycles. The van der Waals surface area contributed by atoms with E-state index in [1.807, 2.05) is 6.07 Å². The first kappa shape index (κ1) is 21.2. The number of hydrogen-bond donors (Lipinski definition) is 1. The summed E-state index contributed by atoms with van der Waals surface area (Å²) in [6.07, 6.45) is 4.43. The molecule has 1 aliphatic heterocycles. The number of methoxy groups -OCH3 is 3. The van der Waals surface area contributed by atoms with Crippen molar-refractivity contribution in [3.05, 3.63) is 36.0 Å². The quantitative estimate of drug-likeness (QED) is 0.702. The summed E-state index contributed by atoms with van der Waals surface area (Å²) in [7, 11) is 1.30. The van der Waals surface area contributed by atoms with Gasteiger partial charge in [-0.15, -0.1) is 0 Å². The summed E-state index contributed by atoms with van der Waals surface area (Å²) in [6.45, 7) is 1.63. The molecule has 158 valence electrons. The third kappa shape index (κ3) is 4.73. The summed E-state index contributed by atoms with van der Waals surface area (Å²) in [5.41, 5.74) is 0.878. The van der Waals surface area contributed by atoms with Crippen LogP contribution in [-0.4, -0.2) is 47.1 Å². The fourth-order valence-corrected chi connectivity index (χ4v) is 4.84. The van der Waals surface area contributed by atoms with Gasteiger partial charge in [0, 0.05) is 30.8 Å². The van der Waals surface area contributed by atoms with Gasteiger partial charge in [0.25, 0.3) is 5.82 Å². The van der Waals surface area contributed by atoms with E-state index in [1.165, 1.54) is 6.20 Å². The van der Waals surface area contributed by atoms with Gasteiger partial charge in [-0.3, -0.25) is 5.32 Å². The number of sulfonamides is 1. The molecule has 2 heterocycles. The number of hydrogen-bond acceptors (Lipinski definition) is 6. The topological polar surface area (TPSA) is 91.2 Å². The molecule has 3 rings (SSSR count). The maximum Gasteiger partial charge on any atom is 0.272 e. The van der Waals surface area contributed by atoms with Crippen molar-refractivity contribution in [3.8, 4) is 17.2 Å². The van der Waals surface area contributed by atoms with E-state index < -0.39 is 10.0 Å². The molecule has 0 spiro atoms. The highest BCUT2D eigenvalue weighted by atomic mass is 32.2. The number of ether oxygens (including phenoxy) is 3. The molecular formula is C20H28N3O5S+. The summed E-state index contributed by atoms with van der Waals surface area (Å²) in [5.74, 6) is 2.56. The first-order valence-corrected chi connectivity index (χ1v) is 11.0. The van der Waals surface area contributed by atoms with Gasteiger partial charge in [-0.2, -0.15) is 4.31 Å². The molecule has 0 atom stereocenters. The highest BCUT2D eigenvalue weighted by Crippen LogP contribution is 2.34. The molecule has 1 saturated heterocycles. The zero-order valence-electron chi connectivity index (χ0n) is 17.0. The lowest BCUT2D eigenvalue weighted by Crippen LogP contribution is -2.36. The Morgan fingerprint density at radius 2 is 1.62 bits per heavy atom. The number of piperidine rings is 1. The van der Waals surface area contributed by atoms with Crippen molar-refractivity contribution in [3.63, 3.8) is 0 Å². The lowest BCUT2D eigenvalue weighted by Gasteiger charge is -2.25. The van der Waals surface area contributed by atoms with Gasteiger partial charge in [-0.05, 0) is 25.0 Å². The van der Waals surface area contributed by atoms with Gasteiger partial charge >= 0.3 is 0 Å². The van der Waals surface area contributed by atoms with E-state index in [4.69, 9.17) is 14.2 Å². The molecule has 1 fully saturated rings. The van der Waals surface area contributed by atoms with Crippen LogP contribution in [-0.2, 0) is 16.6 Å². The fourth-order valence-electron chi connectivity index (χ4n) is 3.36. The molecule has 0 unspecified atom stereocenters. The standard InChI is InChI=1S/C20H27N3O5S/c1-26-17-12-19(28-3)18(27-2)11-15(17)13-21-20-8-7-16(14-22-20)29(24,25)23-9-5-4-6-10-23/h7-8,11-12,14H,4-6,9-10,13H2,1-3H3,(H,21,22)/p+1. The summed E-state index contributed by atoms with van der Waals surface area (Å²) in [4.78, 5) is 3.30. The van der Waals surface area contributed by atoms with Crippen LogP contribution in [0.2, 0.25) is 0 Å². The molecule has 0 bridgehead atoms. The van der Waals surface area contributed by atoms with Crippen molar-refractivity contribution in [2.75, 3.05) is 39.7 Å². The highest BCUT2D eigenvalue weighted by molar-refractivity contribution is 7.89. The number of benzene rings is 1. The van der Waals surface area contributed by atoms with Gasteiger partial charge < -0.3 is 14.2 Å². The summed E-state index contributed by atoms with van der Waals surface area (Å²) >= 11 is 0. The normalized spacial score (nSPS) is 15.0. The van der Waals surface area contributed by atoms with Crippen LogP contribution in [0.15, 0.2) is 35.4 Å². The minimum atomic E-state index is -3.45. The zero-order valence-corrected chi connectivity index (χ0v) is 17.8. The van der Waals surface area contributed by atoms with Crippen LogP contribution in [0.3, 0.4) is 0 Å². The number of H-pyrrole nitrogens is 1. The smallest absolute Gasteiger partial charge is 0.272 e. The molecule has 1 aromatic carbocycles. The van der Waals surface area contributed by atoms with Crippen molar-refractivity contribution in [2.45, 2.75) is 30.7 Å². The Balaban J connectivity index is 1.72. The summed E-state index contributed by atoms with van der Waals surface area (Å²) in [6, 6.07) is 6.96. The monoisotopic (exact) mass is 422 g/mol. The van der Waals surface area contributed by atoms with E-state index in [9.17, 15) is 8.42 Å². The SMILES string of the molecule is COc1cc(OC)c(OC)cc1CNc1ccc(S(=O)(=O)N2CCCCC2)c[nH+]1. The average Bonchev–Trinajstić information content (AvgIpc) is 2.77. The molecule has 2 N–H and O–H groups in total. The molecular weight excluding hydrogens is 394 g/mol. The number of aromatic nitrogens is 1. The van der Waals surface area contributed by atoms with Crippen molar-refractivity contribution in [1.82, 2.24) is 4.31 Å². The Morgan fingerprint density at radius 1 is 0.966 bits per heavy atom. The number of rotatable bonds is 8. The van der Waals surface area contributed by atoms with E-state index in [1.54, 1.807) is 43.8 Å². The maximum atomic E-state index is 12.7. The molecule has 8 nitrogen and oxygen atoms in total. The molecule has 0 amide bonds. The summed E-state index contributed by atoms with van der Waals surface area (Å²) in [5, 5.41) is 3.24. The van der Waals surface area contributed by atoms with Crippen LogP contribution in [0.1, 0.15) is 24.8 Å². The van der Waals surface area contributed by atoms with Gasteiger partial charge in [0.05, 0.1) is 21.3 Å². The average molecular weight is 423 g/mol. The minimum absolute atomic E-state index is 0.272. The van der Waals surface area contributed by atoms with Gasteiger partial charge in [0.2, 0.25) is 10.0 Å². The summed E-state index contributed by atoms with van der Waals surface area (Å²) < 4.78 is 43.1. The predicted molar refractivity (Wildman–Crippen MR) is 109 cm³/mol. The molecule has 9 heteroatoms. The van der Waals surface area contributed by atoms with Gasteiger partial charge in [0.1, 0.15) is 23.4 Å². The van der Waals surface area contributed by atoms with Crippen molar-refractivity contribution in [1.29, 1.82) is 0 Å². The van der Waals surface area contributed by atoms with Crippen LogP contribution in [0, 0.1) is 0 Å². The molecule has 29 heavy (non-hydrogen) atoms. The molecule has 1 aliphatic rings. The zero-order chi connectivity index (χ0) is 20.9. The van der Waals surface area contributed by atoms with Crippen LogP contribution in [0.5, 0.6) is 17.2 Å². The van der Waals surface area contributed by atoms with Gasteiger partial charge in [-0.1, -0.05) is 6.42 Å². The van der Waals surface area contributed by atoms with E-state index >= 15 is 0 Å². The van der Waals surface area contributed by atoms with Crippen molar-refractivity contribution < 1.29 is 27.6 Å². The predicted octanol–water partition coefficient (Wildman–Crippen LogP) is 2.31. The number of anilines is 1. The van der Waals surface area contributed by atoms with Gasteiger partial charge in [-0.25, -0.2) is 13.4 Å². The second-order valence-electron chi connectivity index (χ2n) is 6.78. The Hall–Kier alpha value is -2.52. The lowest BCUT2D eigenvalue weighted by atomic mass is 10.1. The Morgan fingerprint density at radius 3 is 2.21 bits per heavy atom. The maximum absolute atomic E-state index is 12.7. The molecule has 2 aromatic rings. The van der Waals surface area contributed by atoms with Crippen LogP contribution in [0.25, 0.3) is 0 Å². The number of nitrogens with zero attached hydrogens (tertiary/aromatic N) is 1. The van der Waals surface area contributed by atoms with Crippen LogP contribution < -0.4 is 24.5 Å². The second-order valence-corrected chi connectivity index (χ2v) is 8.71. The van der Waals surface area contributed by atoms with Crippen LogP contribution in [0.4, 0.5) is 5.82 Å². The van der Waals surface area contributed by atoms with Crippen LogP contribution >= 0.6 is 0 Å². The van der Waals surface area contributed by atoms with Gasteiger partial charge in [0.15, 0.2) is 11.5 Å². The molecule has 0 aliphatic carbocycles. The van der Waals surface area contributed by atoms with E-state index in [0.29, 0.717) is 42.7 Å².